The quantitative estimate of drug-likeness (QED) is 0.357. The van der Waals surface area contributed by atoms with Crippen LogP contribution in [0.2, 0.25) is 0 Å². The summed E-state index contributed by atoms with van der Waals surface area (Å²) in [7, 11) is 0. The van der Waals surface area contributed by atoms with Crippen molar-refractivity contribution in [1.29, 1.82) is 0 Å². The molecule has 0 aliphatic heterocycles. The van der Waals surface area contributed by atoms with Crippen LogP contribution >= 0.6 is 0 Å². The summed E-state index contributed by atoms with van der Waals surface area (Å²) in [6, 6.07) is 8.16. The number of allylic oxidation sites excluding steroid dienone is 3. The molecule has 5 heteroatoms. The maximum atomic E-state index is 13.9. The van der Waals surface area contributed by atoms with Gasteiger partial charge in [0.15, 0.2) is 0 Å². The lowest BCUT2D eigenvalue weighted by Gasteiger charge is -2.12. The Hall–Kier alpha value is -2.79. The van der Waals surface area contributed by atoms with Crippen molar-refractivity contribution in [2.75, 3.05) is 0 Å². The zero-order valence-corrected chi connectivity index (χ0v) is 17.0. The largest absolute Gasteiger partial charge is 0.438 e. The summed E-state index contributed by atoms with van der Waals surface area (Å²) in [4.78, 5) is 8.90. The van der Waals surface area contributed by atoms with Gasteiger partial charge in [-0.3, -0.25) is 4.98 Å². The molecule has 1 aromatic heterocycles. The van der Waals surface area contributed by atoms with Crippen LogP contribution < -0.4 is 10.5 Å². The fourth-order valence-corrected chi connectivity index (χ4v) is 2.54. The number of unbranched alkanes of at least 4 members (excludes halogenated alkanes) is 1. The van der Waals surface area contributed by atoms with Crippen LogP contribution in [0, 0.1) is 5.82 Å². The first-order valence-corrected chi connectivity index (χ1v) is 9.46. The number of aromatic nitrogens is 1. The maximum Gasteiger partial charge on any atom is 0.219 e. The lowest BCUT2D eigenvalue weighted by molar-refractivity contribution is 0.418. The summed E-state index contributed by atoms with van der Waals surface area (Å²) < 4.78 is 20.0. The summed E-state index contributed by atoms with van der Waals surface area (Å²) in [6.07, 6.45) is 7.75. The molecule has 0 spiro atoms. The summed E-state index contributed by atoms with van der Waals surface area (Å²) in [6.45, 7) is 8.32. The normalized spacial score (nSPS) is 12.1. The lowest BCUT2D eigenvalue weighted by atomic mass is 10.1. The zero-order chi connectivity index (χ0) is 20.5. The molecule has 0 saturated carbocycles. The molecule has 2 N–H and O–H groups in total. The second kappa shape index (κ2) is 10.5. The van der Waals surface area contributed by atoms with Crippen molar-refractivity contribution >= 4 is 5.71 Å². The number of hydrogen-bond donors (Lipinski definition) is 1. The monoisotopic (exact) mass is 381 g/mol. The van der Waals surface area contributed by atoms with E-state index < -0.39 is 0 Å². The van der Waals surface area contributed by atoms with Crippen LogP contribution in [-0.2, 0) is 6.54 Å². The fourth-order valence-electron chi connectivity index (χ4n) is 2.54. The van der Waals surface area contributed by atoms with Crippen LogP contribution in [0.5, 0.6) is 5.75 Å². The number of rotatable bonds is 8. The summed E-state index contributed by atoms with van der Waals surface area (Å²) in [5.74, 6) is 0.398. The Bertz CT molecular complexity index is 879. The van der Waals surface area contributed by atoms with Gasteiger partial charge in [0.1, 0.15) is 11.6 Å². The highest BCUT2D eigenvalue weighted by Gasteiger charge is 2.12. The molecule has 2 aromatic rings. The Balaban J connectivity index is 2.44. The number of pyridine rings is 1. The molecule has 2 rings (SSSR count). The first kappa shape index (κ1) is 21.5. The van der Waals surface area contributed by atoms with Gasteiger partial charge in [-0.25, -0.2) is 9.38 Å². The number of nitrogens with zero attached hydrogens (tertiary/aromatic N) is 2. The third-order valence-electron chi connectivity index (χ3n) is 3.93. The molecule has 0 atom stereocenters. The van der Waals surface area contributed by atoms with E-state index in [-0.39, 0.29) is 5.82 Å². The minimum absolute atomic E-state index is 0.368. The zero-order valence-electron chi connectivity index (χ0n) is 17.0. The maximum absolute atomic E-state index is 13.9. The molecule has 0 saturated heterocycles. The van der Waals surface area contributed by atoms with Gasteiger partial charge in [0, 0.05) is 36.2 Å². The van der Waals surface area contributed by atoms with Gasteiger partial charge in [0.25, 0.3) is 0 Å². The molecule has 0 radical (unpaired) electrons. The highest BCUT2D eigenvalue weighted by atomic mass is 19.1. The highest BCUT2D eigenvalue weighted by Crippen LogP contribution is 2.31. The third kappa shape index (κ3) is 6.43. The van der Waals surface area contributed by atoms with Crippen molar-refractivity contribution in [3.8, 4) is 17.0 Å². The van der Waals surface area contributed by atoms with Crippen molar-refractivity contribution in [3.05, 3.63) is 71.5 Å². The molecule has 148 valence electrons. The average molecular weight is 381 g/mol. The predicted octanol–water partition coefficient (Wildman–Crippen LogP) is 5.79. The van der Waals surface area contributed by atoms with Crippen LogP contribution in [0.4, 0.5) is 4.39 Å². The molecule has 1 heterocycles. The third-order valence-corrected chi connectivity index (χ3v) is 3.93. The van der Waals surface area contributed by atoms with Gasteiger partial charge in [-0.15, -0.1) is 0 Å². The molecule has 0 fully saturated rings. The van der Waals surface area contributed by atoms with Gasteiger partial charge in [-0.05, 0) is 56.5 Å². The molecular formula is C23H28FN3O. The van der Waals surface area contributed by atoms with E-state index in [0.29, 0.717) is 29.4 Å². The Labute approximate surface area is 166 Å². The van der Waals surface area contributed by atoms with Gasteiger partial charge < -0.3 is 10.5 Å². The summed E-state index contributed by atoms with van der Waals surface area (Å²) >= 11 is 0. The van der Waals surface area contributed by atoms with Gasteiger partial charge >= 0.3 is 0 Å². The van der Waals surface area contributed by atoms with Crippen LogP contribution in [-0.4, -0.2) is 10.7 Å². The van der Waals surface area contributed by atoms with Gasteiger partial charge in [0.2, 0.25) is 5.88 Å². The van der Waals surface area contributed by atoms with E-state index >= 15 is 0 Å². The summed E-state index contributed by atoms with van der Waals surface area (Å²) in [5, 5.41) is 0. The van der Waals surface area contributed by atoms with E-state index in [4.69, 9.17) is 10.5 Å². The molecular weight excluding hydrogens is 353 g/mol. The second-order valence-electron chi connectivity index (χ2n) is 6.78. The van der Waals surface area contributed by atoms with E-state index in [1.54, 1.807) is 12.3 Å². The second-order valence-corrected chi connectivity index (χ2v) is 6.78. The molecule has 0 unspecified atom stereocenters. The van der Waals surface area contributed by atoms with Crippen molar-refractivity contribution in [2.24, 2.45) is 10.7 Å². The smallest absolute Gasteiger partial charge is 0.219 e. The molecule has 28 heavy (non-hydrogen) atoms. The standard InChI is InChI=1S/C23H28FN3O/c1-5-6-7-17(4)12-23(27-16(2)3)28-22-13-19(24)9-10-20(22)21-11-8-18(14-25)15-26-21/h7-13,15H,5-6,14,25H2,1-4H3/b17-7-,23-12+. The van der Waals surface area contributed by atoms with Crippen molar-refractivity contribution < 1.29 is 9.13 Å². The molecule has 0 aliphatic carbocycles. The first-order valence-electron chi connectivity index (χ1n) is 9.46. The average Bonchev–Trinajstić information content (AvgIpc) is 2.66. The number of benzene rings is 1. The number of halogens is 1. The van der Waals surface area contributed by atoms with Crippen LogP contribution in [0.1, 0.15) is 46.1 Å². The van der Waals surface area contributed by atoms with Crippen molar-refractivity contribution in [3.63, 3.8) is 0 Å². The molecule has 4 nitrogen and oxygen atoms in total. The number of aliphatic imine (C=N–C) groups is 1. The molecule has 0 amide bonds. The number of hydrogen-bond acceptors (Lipinski definition) is 4. The number of ether oxygens (including phenoxy) is 1. The fraction of sp³-hybridized carbons (Fsp3) is 0.304. The molecule has 1 aromatic carbocycles. The Kier molecular flexibility index (Phi) is 8.08. The lowest BCUT2D eigenvalue weighted by Crippen LogP contribution is -2.00. The van der Waals surface area contributed by atoms with E-state index in [1.807, 2.05) is 39.0 Å². The highest BCUT2D eigenvalue weighted by molar-refractivity contribution is 5.80. The van der Waals surface area contributed by atoms with E-state index in [9.17, 15) is 4.39 Å². The van der Waals surface area contributed by atoms with E-state index in [2.05, 4.69) is 23.0 Å². The summed E-state index contributed by atoms with van der Waals surface area (Å²) in [5.41, 5.74) is 9.83. The SMILES string of the molecule is CCC/C=C(C)\C=C(/N=C(C)C)Oc1cc(F)ccc1-c1ccc(CN)cn1. The van der Waals surface area contributed by atoms with Crippen LogP contribution in [0.25, 0.3) is 11.3 Å². The van der Waals surface area contributed by atoms with Gasteiger partial charge in [0.05, 0.1) is 5.69 Å². The topological polar surface area (TPSA) is 60.5 Å². The first-order chi connectivity index (χ1) is 13.4. The Morgan fingerprint density at radius 1 is 1.21 bits per heavy atom. The Morgan fingerprint density at radius 3 is 2.61 bits per heavy atom. The van der Waals surface area contributed by atoms with Gasteiger partial charge in [-0.2, -0.15) is 0 Å². The van der Waals surface area contributed by atoms with Crippen LogP contribution in [0.3, 0.4) is 0 Å². The Morgan fingerprint density at radius 2 is 2.00 bits per heavy atom. The minimum Gasteiger partial charge on any atom is -0.438 e. The molecule has 0 aliphatic rings. The number of nitrogens with two attached hydrogens (primary N) is 1. The van der Waals surface area contributed by atoms with Crippen molar-refractivity contribution in [1.82, 2.24) is 4.98 Å². The predicted molar refractivity (Wildman–Crippen MR) is 114 cm³/mol. The van der Waals surface area contributed by atoms with Gasteiger partial charge in [-0.1, -0.05) is 25.5 Å². The van der Waals surface area contributed by atoms with Crippen LogP contribution in [0.15, 0.2) is 65.1 Å². The van der Waals surface area contributed by atoms with E-state index in [1.165, 1.54) is 12.1 Å². The van der Waals surface area contributed by atoms with Crippen molar-refractivity contribution in [2.45, 2.75) is 47.1 Å². The molecule has 0 bridgehead atoms. The minimum atomic E-state index is -0.382. The van der Waals surface area contributed by atoms with E-state index in [0.717, 1.165) is 29.7 Å².